The molecule has 2 aliphatic rings. The van der Waals surface area contributed by atoms with Crippen LogP contribution in [-0.2, 0) is 4.79 Å². The monoisotopic (exact) mass is 260 g/mol. The van der Waals surface area contributed by atoms with E-state index < -0.39 is 0 Å². The molecule has 96 valence electrons. The van der Waals surface area contributed by atoms with E-state index in [1.807, 2.05) is 11.8 Å². The third kappa shape index (κ3) is 2.23. The number of hydrogen-bond acceptors (Lipinski definition) is 2. The summed E-state index contributed by atoms with van der Waals surface area (Å²) in [5.41, 5.74) is 1.28. The number of carbonyl (C=O) groups is 1. The van der Waals surface area contributed by atoms with E-state index in [2.05, 4.69) is 31.2 Å². The molecule has 0 spiro atoms. The van der Waals surface area contributed by atoms with Crippen LogP contribution in [0.1, 0.15) is 44.1 Å². The molecular formula is C16H20OS. The van der Waals surface area contributed by atoms with Crippen molar-refractivity contribution in [3.05, 3.63) is 29.8 Å². The maximum Gasteiger partial charge on any atom is 0.144 e. The van der Waals surface area contributed by atoms with Crippen LogP contribution >= 0.6 is 11.8 Å². The molecule has 0 radical (unpaired) electrons. The van der Waals surface area contributed by atoms with E-state index >= 15 is 0 Å². The van der Waals surface area contributed by atoms with E-state index in [4.69, 9.17) is 0 Å². The minimum Gasteiger partial charge on any atom is -0.299 e. The van der Waals surface area contributed by atoms with Gasteiger partial charge < -0.3 is 0 Å². The van der Waals surface area contributed by atoms with Gasteiger partial charge in [0.25, 0.3) is 0 Å². The van der Waals surface area contributed by atoms with Gasteiger partial charge in [0.15, 0.2) is 0 Å². The molecule has 1 aliphatic carbocycles. The average molecular weight is 260 g/mol. The number of rotatable bonds is 2. The number of carbonyl (C=O) groups excluding carboxylic acids is 1. The van der Waals surface area contributed by atoms with Crippen molar-refractivity contribution in [3.8, 4) is 0 Å². The van der Waals surface area contributed by atoms with Gasteiger partial charge in [-0.15, -0.1) is 11.8 Å². The second kappa shape index (κ2) is 5.08. The van der Waals surface area contributed by atoms with E-state index in [0.29, 0.717) is 11.7 Å². The predicted molar refractivity (Wildman–Crippen MR) is 76.0 cm³/mol. The highest BCUT2D eigenvalue weighted by Gasteiger charge is 2.34. The SMILES string of the molecule is CC1CCC(C(=O)C2CSc3ccccc32)CC1. The maximum atomic E-state index is 12.7. The summed E-state index contributed by atoms with van der Waals surface area (Å²) in [4.78, 5) is 14.0. The molecule has 1 fully saturated rings. The van der Waals surface area contributed by atoms with Gasteiger partial charge in [-0.1, -0.05) is 38.0 Å². The molecular weight excluding hydrogens is 240 g/mol. The molecule has 1 heterocycles. The Morgan fingerprint density at radius 3 is 2.67 bits per heavy atom. The summed E-state index contributed by atoms with van der Waals surface area (Å²) in [5.74, 6) is 2.80. The molecule has 1 nitrogen and oxygen atoms in total. The normalized spacial score (nSPS) is 31.1. The fourth-order valence-electron chi connectivity index (χ4n) is 3.23. The van der Waals surface area contributed by atoms with Gasteiger partial charge in [-0.05, 0) is 30.4 Å². The van der Waals surface area contributed by atoms with Gasteiger partial charge in [0.05, 0.1) is 5.92 Å². The van der Waals surface area contributed by atoms with Gasteiger partial charge in [-0.2, -0.15) is 0 Å². The summed E-state index contributed by atoms with van der Waals surface area (Å²) in [6.07, 6.45) is 4.70. The Morgan fingerprint density at radius 1 is 1.17 bits per heavy atom. The lowest BCUT2D eigenvalue weighted by molar-refractivity contribution is -0.125. The van der Waals surface area contributed by atoms with E-state index in [9.17, 15) is 4.79 Å². The van der Waals surface area contributed by atoms with Crippen LogP contribution < -0.4 is 0 Å². The van der Waals surface area contributed by atoms with Gasteiger partial charge in [-0.3, -0.25) is 4.79 Å². The second-order valence-corrected chi connectivity index (χ2v) is 6.82. The van der Waals surface area contributed by atoms with Crippen LogP contribution in [0.25, 0.3) is 0 Å². The lowest BCUT2D eigenvalue weighted by atomic mass is 9.77. The lowest BCUT2D eigenvalue weighted by Gasteiger charge is -2.27. The molecule has 1 unspecified atom stereocenters. The highest BCUT2D eigenvalue weighted by Crippen LogP contribution is 2.42. The molecule has 1 aromatic carbocycles. The Balaban J connectivity index is 1.74. The molecule has 0 aromatic heterocycles. The highest BCUT2D eigenvalue weighted by molar-refractivity contribution is 7.99. The first-order valence-corrected chi connectivity index (χ1v) is 7.99. The van der Waals surface area contributed by atoms with Crippen LogP contribution in [0.15, 0.2) is 29.2 Å². The number of ketones is 1. The van der Waals surface area contributed by atoms with E-state index in [1.165, 1.54) is 23.3 Å². The Morgan fingerprint density at radius 2 is 1.89 bits per heavy atom. The summed E-state index contributed by atoms with van der Waals surface area (Å²) < 4.78 is 0. The summed E-state index contributed by atoms with van der Waals surface area (Å²) in [7, 11) is 0. The molecule has 1 aromatic rings. The molecule has 0 saturated heterocycles. The molecule has 0 bridgehead atoms. The molecule has 2 heteroatoms. The number of hydrogen-bond donors (Lipinski definition) is 0. The molecule has 1 atom stereocenters. The number of fused-ring (bicyclic) bond motifs is 1. The maximum absolute atomic E-state index is 12.7. The van der Waals surface area contributed by atoms with Gasteiger partial charge in [0.1, 0.15) is 5.78 Å². The van der Waals surface area contributed by atoms with Crippen LogP contribution in [0.4, 0.5) is 0 Å². The Kier molecular flexibility index (Phi) is 3.47. The Labute approximate surface area is 113 Å². The number of Topliss-reactive ketones (excluding diaryl/α,β-unsaturated/α-hetero) is 1. The van der Waals surface area contributed by atoms with Gasteiger partial charge >= 0.3 is 0 Å². The minimum absolute atomic E-state index is 0.171. The minimum atomic E-state index is 0.171. The van der Waals surface area contributed by atoms with Crippen LogP contribution in [0, 0.1) is 11.8 Å². The van der Waals surface area contributed by atoms with Crippen molar-refractivity contribution < 1.29 is 4.79 Å². The van der Waals surface area contributed by atoms with E-state index in [1.54, 1.807) is 0 Å². The molecule has 1 saturated carbocycles. The zero-order valence-corrected chi connectivity index (χ0v) is 11.7. The summed E-state index contributed by atoms with van der Waals surface area (Å²) >= 11 is 1.85. The largest absolute Gasteiger partial charge is 0.299 e. The van der Waals surface area contributed by atoms with Crippen LogP contribution in [-0.4, -0.2) is 11.5 Å². The van der Waals surface area contributed by atoms with Gasteiger partial charge in [0.2, 0.25) is 0 Å². The smallest absolute Gasteiger partial charge is 0.144 e. The zero-order chi connectivity index (χ0) is 12.5. The van der Waals surface area contributed by atoms with Gasteiger partial charge in [0, 0.05) is 16.6 Å². The van der Waals surface area contributed by atoms with Crippen molar-refractivity contribution in [2.45, 2.75) is 43.4 Å². The van der Waals surface area contributed by atoms with Crippen molar-refractivity contribution in [1.82, 2.24) is 0 Å². The van der Waals surface area contributed by atoms with Crippen molar-refractivity contribution in [3.63, 3.8) is 0 Å². The highest BCUT2D eigenvalue weighted by atomic mass is 32.2. The summed E-state index contributed by atoms with van der Waals surface area (Å²) in [6, 6.07) is 8.43. The van der Waals surface area contributed by atoms with E-state index in [-0.39, 0.29) is 5.92 Å². The molecule has 3 rings (SSSR count). The third-order valence-corrected chi connectivity index (χ3v) is 5.64. The molecule has 1 aliphatic heterocycles. The first-order valence-electron chi connectivity index (χ1n) is 7.01. The topological polar surface area (TPSA) is 17.1 Å². The van der Waals surface area contributed by atoms with Crippen LogP contribution in [0.3, 0.4) is 0 Å². The number of benzene rings is 1. The number of thioether (sulfide) groups is 1. The van der Waals surface area contributed by atoms with Crippen LogP contribution in [0.5, 0.6) is 0 Å². The van der Waals surface area contributed by atoms with Crippen molar-refractivity contribution >= 4 is 17.5 Å². The van der Waals surface area contributed by atoms with E-state index in [0.717, 1.165) is 24.5 Å². The summed E-state index contributed by atoms with van der Waals surface area (Å²) in [6.45, 7) is 2.31. The fourth-order valence-corrected chi connectivity index (χ4v) is 4.47. The standard InChI is InChI=1S/C16H20OS/c1-11-6-8-12(9-7-11)16(17)14-10-18-15-5-3-2-4-13(14)15/h2-5,11-12,14H,6-10H2,1H3. The lowest BCUT2D eigenvalue weighted by Crippen LogP contribution is -2.26. The molecule has 18 heavy (non-hydrogen) atoms. The second-order valence-electron chi connectivity index (χ2n) is 5.76. The van der Waals surface area contributed by atoms with Crippen molar-refractivity contribution in [2.24, 2.45) is 11.8 Å². The van der Waals surface area contributed by atoms with Crippen molar-refractivity contribution in [1.29, 1.82) is 0 Å². The Bertz CT molecular complexity index is 446. The van der Waals surface area contributed by atoms with Crippen molar-refractivity contribution in [2.75, 3.05) is 5.75 Å². The summed E-state index contributed by atoms with van der Waals surface area (Å²) in [5, 5.41) is 0. The van der Waals surface area contributed by atoms with Crippen LogP contribution in [0.2, 0.25) is 0 Å². The average Bonchev–Trinajstić information content (AvgIpc) is 2.82. The predicted octanol–water partition coefficient (Wildman–Crippen LogP) is 4.27. The molecule has 0 amide bonds. The Hall–Kier alpha value is -0.760. The fraction of sp³-hybridized carbons (Fsp3) is 0.562. The zero-order valence-electron chi connectivity index (χ0n) is 10.9. The quantitative estimate of drug-likeness (QED) is 0.790. The van der Waals surface area contributed by atoms with Gasteiger partial charge in [-0.25, -0.2) is 0 Å². The third-order valence-electron chi connectivity index (χ3n) is 4.46. The first-order chi connectivity index (χ1) is 8.75. The first kappa shape index (κ1) is 12.3. The molecule has 0 N–H and O–H groups in total.